The minimum Gasteiger partial charge on any atom is -0.368 e. The summed E-state index contributed by atoms with van der Waals surface area (Å²) in [6, 6.07) is 10.8. The van der Waals surface area contributed by atoms with Crippen molar-refractivity contribution in [1.82, 2.24) is 4.90 Å². The van der Waals surface area contributed by atoms with Crippen LogP contribution in [0.3, 0.4) is 0 Å². The molecule has 0 radical (unpaired) electrons. The lowest BCUT2D eigenvalue weighted by molar-refractivity contribution is -0.129. The zero-order valence-corrected chi connectivity index (χ0v) is 19.6. The van der Waals surface area contributed by atoms with Crippen LogP contribution in [0.1, 0.15) is 11.1 Å². The summed E-state index contributed by atoms with van der Waals surface area (Å²) in [5, 5.41) is 0.565. The topological polar surface area (TPSA) is 60.9 Å². The number of carbonyl (C=O) groups excluding carboxylic acids is 1. The van der Waals surface area contributed by atoms with Crippen molar-refractivity contribution in [3.63, 3.8) is 0 Å². The van der Waals surface area contributed by atoms with Crippen LogP contribution >= 0.6 is 23.2 Å². The predicted octanol–water partition coefficient (Wildman–Crippen LogP) is 3.73. The molecule has 0 atom stereocenters. The van der Waals surface area contributed by atoms with Crippen LogP contribution in [0.5, 0.6) is 0 Å². The Morgan fingerprint density at radius 1 is 1.07 bits per heavy atom. The first-order valence-corrected chi connectivity index (χ1v) is 12.2. The van der Waals surface area contributed by atoms with Gasteiger partial charge in [-0.3, -0.25) is 9.10 Å². The number of halogens is 2. The van der Waals surface area contributed by atoms with Crippen LogP contribution in [0.4, 0.5) is 11.4 Å². The summed E-state index contributed by atoms with van der Waals surface area (Å²) in [5.74, 6) is -0.267. The van der Waals surface area contributed by atoms with Crippen molar-refractivity contribution in [3.05, 3.63) is 57.6 Å². The summed E-state index contributed by atoms with van der Waals surface area (Å²) in [7, 11) is -3.72. The predicted molar refractivity (Wildman–Crippen MR) is 123 cm³/mol. The molecule has 1 saturated heterocycles. The molecule has 0 saturated carbocycles. The van der Waals surface area contributed by atoms with Crippen LogP contribution in [-0.2, 0) is 14.8 Å². The van der Waals surface area contributed by atoms with Gasteiger partial charge in [0, 0.05) is 36.9 Å². The molecule has 2 aromatic carbocycles. The van der Waals surface area contributed by atoms with Gasteiger partial charge in [0.15, 0.2) is 0 Å². The average Bonchev–Trinajstić information content (AvgIpc) is 2.69. The summed E-state index contributed by atoms with van der Waals surface area (Å²) in [6.07, 6.45) is 1.05. The molecule has 0 unspecified atom stereocenters. The SMILES string of the molecule is Cc1cccc(N2CCN(C(=O)CN(c3cc(Cl)ccc3Cl)S(C)(=O)=O)CC2)c1C. The van der Waals surface area contributed by atoms with Gasteiger partial charge in [-0.1, -0.05) is 35.3 Å². The van der Waals surface area contributed by atoms with Gasteiger partial charge in [-0.05, 0) is 49.2 Å². The second-order valence-electron chi connectivity index (χ2n) is 7.45. The first-order valence-electron chi connectivity index (χ1n) is 9.59. The Bertz CT molecular complexity index is 1050. The van der Waals surface area contributed by atoms with Gasteiger partial charge in [-0.15, -0.1) is 0 Å². The van der Waals surface area contributed by atoms with Crippen LogP contribution in [0.15, 0.2) is 36.4 Å². The van der Waals surface area contributed by atoms with E-state index in [4.69, 9.17) is 23.2 Å². The van der Waals surface area contributed by atoms with Crippen LogP contribution in [0.2, 0.25) is 10.0 Å². The minimum atomic E-state index is -3.72. The van der Waals surface area contributed by atoms with Crippen molar-refractivity contribution >= 4 is 50.5 Å². The van der Waals surface area contributed by atoms with E-state index in [-0.39, 0.29) is 23.2 Å². The molecule has 162 valence electrons. The molecule has 0 bridgehead atoms. The fourth-order valence-electron chi connectivity index (χ4n) is 3.56. The second-order valence-corrected chi connectivity index (χ2v) is 10.2. The second kappa shape index (κ2) is 9.04. The number of carbonyl (C=O) groups is 1. The maximum Gasteiger partial charge on any atom is 0.243 e. The molecule has 6 nitrogen and oxygen atoms in total. The quantitative estimate of drug-likeness (QED) is 0.669. The zero-order valence-electron chi connectivity index (χ0n) is 17.2. The van der Waals surface area contributed by atoms with Gasteiger partial charge in [-0.25, -0.2) is 8.42 Å². The van der Waals surface area contributed by atoms with Crippen molar-refractivity contribution in [1.29, 1.82) is 0 Å². The van der Waals surface area contributed by atoms with Crippen molar-refractivity contribution in [2.75, 3.05) is 48.2 Å². The molecule has 0 N–H and O–H groups in total. The summed E-state index contributed by atoms with van der Waals surface area (Å²) < 4.78 is 25.7. The van der Waals surface area contributed by atoms with E-state index >= 15 is 0 Å². The van der Waals surface area contributed by atoms with Gasteiger partial charge in [0.1, 0.15) is 6.54 Å². The molecule has 1 amide bonds. The molecule has 9 heteroatoms. The summed E-state index contributed by atoms with van der Waals surface area (Å²) >= 11 is 12.2. The van der Waals surface area contributed by atoms with Gasteiger partial charge < -0.3 is 9.80 Å². The maximum atomic E-state index is 12.9. The first kappa shape index (κ1) is 22.7. The Hall–Kier alpha value is -1.96. The van der Waals surface area contributed by atoms with Gasteiger partial charge in [0.25, 0.3) is 0 Å². The number of sulfonamides is 1. The Labute approximate surface area is 188 Å². The molecule has 1 fully saturated rings. The van der Waals surface area contributed by atoms with E-state index in [1.165, 1.54) is 28.9 Å². The number of hydrogen-bond donors (Lipinski definition) is 0. The number of piperazine rings is 1. The summed E-state index contributed by atoms with van der Waals surface area (Å²) in [5.41, 5.74) is 3.84. The first-order chi connectivity index (χ1) is 14.1. The van der Waals surface area contributed by atoms with E-state index in [0.717, 1.165) is 10.6 Å². The highest BCUT2D eigenvalue weighted by atomic mass is 35.5. The molecule has 2 aromatic rings. The van der Waals surface area contributed by atoms with Crippen molar-refractivity contribution in [2.24, 2.45) is 0 Å². The minimum absolute atomic E-state index is 0.203. The normalized spacial score (nSPS) is 14.7. The smallest absolute Gasteiger partial charge is 0.243 e. The Morgan fingerprint density at radius 2 is 1.73 bits per heavy atom. The van der Waals surface area contributed by atoms with Crippen molar-refractivity contribution in [3.8, 4) is 0 Å². The van der Waals surface area contributed by atoms with Crippen LogP contribution in [0.25, 0.3) is 0 Å². The highest BCUT2D eigenvalue weighted by Gasteiger charge is 2.28. The maximum absolute atomic E-state index is 12.9. The standard InChI is InChI=1S/C21H25Cl2N3O3S/c1-15-5-4-6-19(16(15)2)24-9-11-25(12-10-24)21(27)14-26(30(3,28)29)20-13-17(22)7-8-18(20)23/h4-8,13H,9-12,14H2,1-3H3. The largest absolute Gasteiger partial charge is 0.368 e. The number of anilines is 2. The van der Waals surface area contributed by atoms with E-state index in [1.807, 2.05) is 6.07 Å². The molecule has 1 heterocycles. The molecule has 0 aliphatic carbocycles. The number of hydrogen-bond acceptors (Lipinski definition) is 4. The van der Waals surface area contributed by atoms with Gasteiger partial charge in [0.2, 0.25) is 15.9 Å². The number of nitrogens with zero attached hydrogens (tertiary/aromatic N) is 3. The summed E-state index contributed by atoms with van der Waals surface area (Å²) in [4.78, 5) is 16.9. The fraction of sp³-hybridized carbons (Fsp3) is 0.381. The van der Waals surface area contributed by atoms with E-state index in [9.17, 15) is 13.2 Å². The molecule has 0 spiro atoms. The average molecular weight is 470 g/mol. The molecule has 1 aliphatic heterocycles. The third kappa shape index (κ3) is 5.02. The fourth-order valence-corrected chi connectivity index (χ4v) is 4.85. The third-order valence-corrected chi connectivity index (χ3v) is 7.09. The molecule has 3 rings (SSSR count). The Morgan fingerprint density at radius 3 is 2.37 bits per heavy atom. The van der Waals surface area contributed by atoms with Crippen LogP contribution in [-0.4, -0.2) is 58.2 Å². The number of benzene rings is 2. The number of amides is 1. The molecule has 30 heavy (non-hydrogen) atoms. The lowest BCUT2D eigenvalue weighted by Gasteiger charge is -2.37. The number of rotatable bonds is 5. The van der Waals surface area contributed by atoms with Gasteiger partial charge in [0.05, 0.1) is 17.0 Å². The van der Waals surface area contributed by atoms with E-state index in [1.54, 1.807) is 11.0 Å². The lowest BCUT2D eigenvalue weighted by atomic mass is 10.1. The molecular weight excluding hydrogens is 445 g/mol. The summed E-state index contributed by atoms with van der Waals surface area (Å²) in [6.45, 7) is 6.28. The Balaban J connectivity index is 1.72. The molecule has 1 aliphatic rings. The monoisotopic (exact) mass is 469 g/mol. The van der Waals surface area contributed by atoms with E-state index in [2.05, 4.69) is 30.9 Å². The van der Waals surface area contributed by atoms with Crippen molar-refractivity contribution in [2.45, 2.75) is 13.8 Å². The van der Waals surface area contributed by atoms with Crippen molar-refractivity contribution < 1.29 is 13.2 Å². The molecular formula is C21H25Cl2N3O3S. The van der Waals surface area contributed by atoms with E-state index in [0.29, 0.717) is 31.2 Å². The van der Waals surface area contributed by atoms with Crippen LogP contribution < -0.4 is 9.21 Å². The van der Waals surface area contributed by atoms with Gasteiger partial charge >= 0.3 is 0 Å². The zero-order chi connectivity index (χ0) is 22.1. The van der Waals surface area contributed by atoms with Gasteiger partial charge in [-0.2, -0.15) is 0 Å². The number of aryl methyl sites for hydroxylation is 1. The highest BCUT2D eigenvalue weighted by Crippen LogP contribution is 2.31. The van der Waals surface area contributed by atoms with E-state index < -0.39 is 10.0 Å². The molecule has 0 aromatic heterocycles. The third-order valence-electron chi connectivity index (χ3n) is 5.41. The van der Waals surface area contributed by atoms with Crippen LogP contribution in [0, 0.1) is 13.8 Å². The highest BCUT2D eigenvalue weighted by molar-refractivity contribution is 7.92. The lowest BCUT2D eigenvalue weighted by Crippen LogP contribution is -2.52. The Kier molecular flexibility index (Phi) is 6.84.